The van der Waals surface area contributed by atoms with E-state index in [0.29, 0.717) is 5.56 Å². The van der Waals surface area contributed by atoms with Crippen LogP contribution >= 0.6 is 0 Å². The van der Waals surface area contributed by atoms with Crippen LogP contribution in [0.25, 0.3) is 0 Å². The molecule has 0 saturated carbocycles. The largest absolute Gasteiger partial charge is 0.512 e. The summed E-state index contributed by atoms with van der Waals surface area (Å²) < 4.78 is 11.8. The third-order valence-electron chi connectivity index (χ3n) is 3.59. The van der Waals surface area contributed by atoms with Gasteiger partial charge in [0.2, 0.25) is 5.88 Å². The summed E-state index contributed by atoms with van der Waals surface area (Å²) in [4.78, 5) is 26.9. The molecule has 0 amide bonds. The van der Waals surface area contributed by atoms with Crippen LogP contribution in [0.3, 0.4) is 0 Å². The van der Waals surface area contributed by atoms with Gasteiger partial charge in [0.25, 0.3) is 0 Å². The number of aromatic nitrogens is 2. The van der Waals surface area contributed by atoms with Crippen LogP contribution in [-0.2, 0) is 4.74 Å². The zero-order valence-electron chi connectivity index (χ0n) is 12.0. The van der Waals surface area contributed by atoms with Gasteiger partial charge in [-0.1, -0.05) is 18.2 Å². The molecule has 2 aromatic rings. The van der Waals surface area contributed by atoms with Crippen molar-refractivity contribution < 1.29 is 24.2 Å². The number of imidazole rings is 1. The highest BCUT2D eigenvalue weighted by molar-refractivity contribution is 5.93. The van der Waals surface area contributed by atoms with E-state index < -0.39 is 23.8 Å². The molecule has 0 saturated heterocycles. The van der Waals surface area contributed by atoms with Crippen LogP contribution in [0.2, 0.25) is 0 Å². The lowest BCUT2D eigenvalue weighted by atomic mass is 9.85. The molecular formula is C15H14N2O5. The van der Waals surface area contributed by atoms with E-state index in [2.05, 4.69) is 4.98 Å². The second kappa shape index (κ2) is 4.87. The molecule has 1 aromatic carbocycles. The lowest BCUT2D eigenvalue weighted by Gasteiger charge is -2.39. The smallest absolute Gasteiger partial charge is 0.453 e. The number of cyclic esters (lactones) is 1. The van der Waals surface area contributed by atoms with Gasteiger partial charge in [-0.15, -0.1) is 0 Å². The van der Waals surface area contributed by atoms with Gasteiger partial charge in [-0.25, -0.2) is 14.6 Å². The number of benzene rings is 1. The number of ether oxygens (including phenoxy) is 2. The van der Waals surface area contributed by atoms with Gasteiger partial charge in [-0.05, 0) is 25.5 Å². The summed E-state index contributed by atoms with van der Waals surface area (Å²) in [6.07, 6.45) is 1.34. The maximum atomic E-state index is 12.1. The molecule has 114 valence electrons. The van der Waals surface area contributed by atoms with Crippen molar-refractivity contribution in [1.82, 2.24) is 9.55 Å². The molecule has 0 bridgehead atoms. The second-order valence-electron chi connectivity index (χ2n) is 5.49. The third kappa shape index (κ3) is 2.20. The number of hydrogen-bond donors (Lipinski definition) is 1. The average Bonchev–Trinajstić information content (AvgIpc) is 2.85. The van der Waals surface area contributed by atoms with E-state index in [0.717, 1.165) is 5.56 Å². The Morgan fingerprint density at radius 3 is 2.86 bits per heavy atom. The minimum Gasteiger partial charge on any atom is -0.453 e. The molecule has 1 aromatic heterocycles. The molecule has 2 heterocycles. The van der Waals surface area contributed by atoms with Crippen molar-refractivity contribution in [2.75, 3.05) is 0 Å². The maximum Gasteiger partial charge on any atom is 0.512 e. The first kappa shape index (κ1) is 14.1. The summed E-state index contributed by atoms with van der Waals surface area (Å²) in [7, 11) is 0. The number of carbonyl (C=O) groups excluding carboxylic acids is 1. The van der Waals surface area contributed by atoms with Gasteiger partial charge in [0.15, 0.2) is 0 Å². The summed E-state index contributed by atoms with van der Waals surface area (Å²) in [5.74, 6) is -0.337. The van der Waals surface area contributed by atoms with Gasteiger partial charge in [-0.2, -0.15) is 0 Å². The molecule has 0 radical (unpaired) electrons. The second-order valence-corrected chi connectivity index (χ2v) is 5.49. The molecular weight excluding hydrogens is 288 g/mol. The summed E-state index contributed by atoms with van der Waals surface area (Å²) in [6, 6.07) is 6.60. The number of carboxylic acid groups (broad SMARTS) is 1. The fraction of sp³-hybridized carbons (Fsp3) is 0.267. The molecule has 1 unspecified atom stereocenters. The summed E-state index contributed by atoms with van der Waals surface area (Å²) in [5.41, 5.74) is 0.293. The van der Waals surface area contributed by atoms with E-state index >= 15 is 0 Å². The first-order valence-electron chi connectivity index (χ1n) is 6.65. The van der Waals surface area contributed by atoms with Gasteiger partial charge in [0, 0.05) is 0 Å². The average molecular weight is 302 g/mol. The van der Waals surface area contributed by atoms with Crippen LogP contribution in [0.4, 0.5) is 4.79 Å². The number of esters is 1. The van der Waals surface area contributed by atoms with Crippen LogP contribution < -0.4 is 4.74 Å². The van der Waals surface area contributed by atoms with Gasteiger partial charge in [0.05, 0.1) is 18.1 Å². The van der Waals surface area contributed by atoms with E-state index in [-0.39, 0.29) is 5.88 Å². The summed E-state index contributed by atoms with van der Waals surface area (Å²) >= 11 is 0. The van der Waals surface area contributed by atoms with Crippen molar-refractivity contribution in [2.45, 2.75) is 25.5 Å². The van der Waals surface area contributed by atoms with E-state index in [1.54, 1.807) is 30.5 Å². The van der Waals surface area contributed by atoms with Gasteiger partial charge in [-0.3, -0.25) is 4.57 Å². The molecule has 1 N–H and O–H groups in total. The normalized spacial score (nSPS) is 19.2. The minimum absolute atomic E-state index is 0.0679. The highest BCUT2D eigenvalue weighted by Gasteiger charge is 2.43. The van der Waals surface area contributed by atoms with E-state index in [1.807, 2.05) is 12.1 Å². The summed E-state index contributed by atoms with van der Waals surface area (Å²) in [6.45, 7) is 3.52. The van der Waals surface area contributed by atoms with E-state index in [4.69, 9.17) is 14.6 Å². The molecule has 3 rings (SSSR count). The Morgan fingerprint density at radius 2 is 2.14 bits per heavy atom. The fourth-order valence-electron chi connectivity index (χ4n) is 2.79. The predicted octanol–water partition coefficient (Wildman–Crippen LogP) is 2.48. The first-order chi connectivity index (χ1) is 10.4. The Morgan fingerprint density at radius 1 is 1.41 bits per heavy atom. The lowest BCUT2D eigenvalue weighted by molar-refractivity contribution is -0.0273. The highest BCUT2D eigenvalue weighted by Crippen LogP contribution is 2.41. The molecule has 0 spiro atoms. The van der Waals surface area contributed by atoms with Crippen LogP contribution in [0.1, 0.15) is 35.8 Å². The number of fused-ring (bicyclic) bond motifs is 1. The molecule has 22 heavy (non-hydrogen) atoms. The van der Waals surface area contributed by atoms with Crippen molar-refractivity contribution >= 4 is 12.1 Å². The first-order valence-corrected chi connectivity index (χ1v) is 6.65. The zero-order chi connectivity index (χ0) is 15.9. The summed E-state index contributed by atoms with van der Waals surface area (Å²) in [5, 5.41) is 8.83. The van der Waals surface area contributed by atoms with Gasteiger partial charge < -0.3 is 14.6 Å². The number of hydrogen-bond acceptors (Lipinski definition) is 5. The Kier molecular flexibility index (Phi) is 3.13. The predicted molar refractivity (Wildman–Crippen MR) is 75.0 cm³/mol. The van der Waals surface area contributed by atoms with Crippen LogP contribution in [-0.4, -0.2) is 32.4 Å². The van der Waals surface area contributed by atoms with Gasteiger partial charge in [0.1, 0.15) is 11.6 Å². The van der Waals surface area contributed by atoms with Crippen molar-refractivity contribution in [3.63, 3.8) is 0 Å². The minimum atomic E-state index is -1.43. The molecule has 0 aliphatic carbocycles. The Hall–Kier alpha value is -2.83. The van der Waals surface area contributed by atoms with Crippen molar-refractivity contribution in [3.8, 4) is 5.88 Å². The quantitative estimate of drug-likeness (QED) is 0.857. The number of nitrogens with zero attached hydrogens (tertiary/aromatic N) is 2. The standard InChI is InChI=1S/C15H14N2O5/c1-15(2)12(17-8-16-7-11(17)21-14(19)20)9-5-3-4-6-10(9)13(18)22-15/h3-8,12H,1-2H3,(H,19,20). The SMILES string of the molecule is CC1(C)OC(=O)c2ccccc2C1n1cncc1OC(=O)O. The van der Waals surface area contributed by atoms with Crippen LogP contribution in [0, 0.1) is 0 Å². The topological polar surface area (TPSA) is 90.7 Å². The van der Waals surface area contributed by atoms with E-state index in [9.17, 15) is 9.59 Å². The molecule has 1 atom stereocenters. The lowest BCUT2D eigenvalue weighted by Crippen LogP contribution is -2.43. The monoisotopic (exact) mass is 302 g/mol. The molecule has 0 fully saturated rings. The Bertz CT molecular complexity index is 750. The molecule has 1 aliphatic heterocycles. The van der Waals surface area contributed by atoms with E-state index in [1.165, 1.54) is 12.5 Å². The fourth-order valence-corrected chi connectivity index (χ4v) is 2.79. The van der Waals surface area contributed by atoms with Crippen LogP contribution in [0.15, 0.2) is 36.8 Å². The van der Waals surface area contributed by atoms with Crippen LogP contribution in [0.5, 0.6) is 5.88 Å². The number of carbonyl (C=O) groups is 2. The van der Waals surface area contributed by atoms with Crippen molar-refractivity contribution in [1.29, 1.82) is 0 Å². The zero-order valence-corrected chi connectivity index (χ0v) is 12.0. The van der Waals surface area contributed by atoms with Crippen molar-refractivity contribution in [3.05, 3.63) is 47.9 Å². The van der Waals surface area contributed by atoms with Gasteiger partial charge >= 0.3 is 12.1 Å². The Labute approximate surface area is 126 Å². The Balaban J connectivity index is 2.16. The maximum absolute atomic E-state index is 12.1. The van der Waals surface area contributed by atoms with Crippen molar-refractivity contribution in [2.24, 2.45) is 0 Å². The molecule has 1 aliphatic rings. The highest BCUT2D eigenvalue weighted by atomic mass is 16.7. The number of rotatable bonds is 2. The molecule has 7 nitrogen and oxygen atoms in total. The third-order valence-corrected chi connectivity index (χ3v) is 3.59. The molecule has 7 heteroatoms.